The molecular weight excluding hydrogens is 232 g/mol. The summed E-state index contributed by atoms with van der Waals surface area (Å²) in [4.78, 5) is 27.2. The summed E-state index contributed by atoms with van der Waals surface area (Å²) in [6.07, 6.45) is 4.29. The van der Waals surface area contributed by atoms with Gasteiger partial charge < -0.3 is 10.1 Å². The number of anilines is 1. The molecule has 6 nitrogen and oxygen atoms in total. The van der Waals surface area contributed by atoms with Gasteiger partial charge in [0.2, 0.25) is 11.8 Å². The van der Waals surface area contributed by atoms with Crippen LogP contribution in [0.1, 0.15) is 24.6 Å². The first-order valence-corrected chi connectivity index (χ1v) is 5.72. The minimum Gasteiger partial charge on any atom is -0.397 e. The second-order valence-corrected chi connectivity index (χ2v) is 4.34. The largest absolute Gasteiger partial charge is 0.397 e. The van der Waals surface area contributed by atoms with Crippen molar-refractivity contribution in [2.45, 2.75) is 18.8 Å². The zero-order valence-corrected chi connectivity index (χ0v) is 9.59. The molecule has 6 heteroatoms. The van der Waals surface area contributed by atoms with Gasteiger partial charge >= 0.3 is 0 Å². The molecule has 0 saturated carbocycles. The SMILES string of the molecule is Nc1cccn2c(C3CCC(=O)NC3=O)ncc12. The van der Waals surface area contributed by atoms with Gasteiger partial charge in [-0.25, -0.2) is 4.98 Å². The van der Waals surface area contributed by atoms with Crippen molar-refractivity contribution in [3.63, 3.8) is 0 Å². The van der Waals surface area contributed by atoms with Crippen LogP contribution in [0.3, 0.4) is 0 Å². The second-order valence-electron chi connectivity index (χ2n) is 4.34. The second kappa shape index (κ2) is 3.83. The van der Waals surface area contributed by atoms with Crippen molar-refractivity contribution in [1.29, 1.82) is 0 Å². The number of imidazole rings is 1. The number of hydrogen-bond donors (Lipinski definition) is 2. The molecular formula is C12H12N4O2. The van der Waals surface area contributed by atoms with Crippen LogP contribution in [-0.4, -0.2) is 21.2 Å². The first kappa shape index (κ1) is 10.8. The lowest BCUT2D eigenvalue weighted by Crippen LogP contribution is -2.40. The fraction of sp³-hybridized carbons (Fsp3) is 0.250. The van der Waals surface area contributed by atoms with E-state index in [9.17, 15) is 9.59 Å². The number of piperidine rings is 1. The number of pyridine rings is 1. The van der Waals surface area contributed by atoms with Gasteiger partial charge in [-0.05, 0) is 18.6 Å². The lowest BCUT2D eigenvalue weighted by Gasteiger charge is -2.19. The molecule has 2 amide bonds. The number of fused-ring (bicyclic) bond motifs is 1. The summed E-state index contributed by atoms with van der Waals surface area (Å²) in [5.74, 6) is -0.285. The Balaban J connectivity index is 2.07. The van der Waals surface area contributed by atoms with Crippen LogP contribution in [-0.2, 0) is 9.59 Å². The van der Waals surface area contributed by atoms with Gasteiger partial charge in [-0.15, -0.1) is 0 Å². The Bertz CT molecular complexity index is 647. The normalized spacial score (nSPS) is 20.1. The maximum Gasteiger partial charge on any atom is 0.237 e. The molecule has 92 valence electrons. The van der Waals surface area contributed by atoms with Crippen molar-refractivity contribution in [2.75, 3.05) is 5.73 Å². The monoisotopic (exact) mass is 244 g/mol. The van der Waals surface area contributed by atoms with E-state index in [1.54, 1.807) is 22.7 Å². The summed E-state index contributed by atoms with van der Waals surface area (Å²) >= 11 is 0. The molecule has 1 unspecified atom stereocenters. The minimum absolute atomic E-state index is 0.225. The summed E-state index contributed by atoms with van der Waals surface area (Å²) < 4.78 is 1.80. The molecule has 0 spiro atoms. The average Bonchev–Trinajstić information content (AvgIpc) is 2.74. The highest BCUT2D eigenvalue weighted by Crippen LogP contribution is 2.26. The third kappa shape index (κ3) is 1.54. The predicted octanol–water partition coefficient (Wildman–Crippen LogP) is 0.437. The van der Waals surface area contributed by atoms with Crippen molar-refractivity contribution in [3.05, 3.63) is 30.4 Å². The molecule has 0 bridgehead atoms. The Morgan fingerprint density at radius 2 is 2.28 bits per heavy atom. The number of nitrogens with zero attached hydrogens (tertiary/aromatic N) is 2. The van der Waals surface area contributed by atoms with Crippen LogP contribution in [0.25, 0.3) is 5.52 Å². The number of hydrogen-bond acceptors (Lipinski definition) is 4. The molecule has 1 aliphatic heterocycles. The Morgan fingerprint density at radius 1 is 1.44 bits per heavy atom. The van der Waals surface area contributed by atoms with E-state index in [0.29, 0.717) is 24.4 Å². The van der Waals surface area contributed by atoms with E-state index in [1.807, 2.05) is 6.20 Å². The van der Waals surface area contributed by atoms with E-state index in [-0.39, 0.29) is 11.8 Å². The van der Waals surface area contributed by atoms with Gasteiger partial charge in [0.05, 0.1) is 23.3 Å². The Kier molecular flexibility index (Phi) is 2.29. The predicted molar refractivity (Wildman–Crippen MR) is 64.7 cm³/mol. The number of carbonyl (C=O) groups excluding carboxylic acids is 2. The van der Waals surface area contributed by atoms with E-state index in [2.05, 4.69) is 10.3 Å². The maximum absolute atomic E-state index is 11.8. The van der Waals surface area contributed by atoms with Crippen LogP contribution in [0, 0.1) is 0 Å². The van der Waals surface area contributed by atoms with Crippen molar-refractivity contribution in [3.8, 4) is 0 Å². The van der Waals surface area contributed by atoms with Crippen molar-refractivity contribution in [1.82, 2.24) is 14.7 Å². The van der Waals surface area contributed by atoms with Crippen molar-refractivity contribution >= 4 is 23.0 Å². The van der Waals surface area contributed by atoms with E-state index in [1.165, 1.54) is 0 Å². The molecule has 3 rings (SSSR count). The molecule has 1 fully saturated rings. The van der Waals surface area contributed by atoms with Crippen LogP contribution in [0.5, 0.6) is 0 Å². The summed E-state index contributed by atoms with van der Waals surface area (Å²) in [6, 6.07) is 3.59. The highest BCUT2D eigenvalue weighted by molar-refractivity contribution is 6.00. The molecule has 3 N–H and O–H groups in total. The number of imide groups is 1. The van der Waals surface area contributed by atoms with Crippen LogP contribution < -0.4 is 11.1 Å². The maximum atomic E-state index is 11.8. The number of nitrogen functional groups attached to an aromatic ring is 1. The first-order valence-electron chi connectivity index (χ1n) is 5.72. The van der Waals surface area contributed by atoms with Gasteiger partial charge in [0.25, 0.3) is 0 Å². The molecule has 3 heterocycles. The van der Waals surface area contributed by atoms with Crippen LogP contribution >= 0.6 is 0 Å². The number of amides is 2. The zero-order chi connectivity index (χ0) is 12.7. The Labute approximate surface area is 103 Å². The van der Waals surface area contributed by atoms with E-state index < -0.39 is 5.92 Å². The van der Waals surface area contributed by atoms with Gasteiger partial charge in [0.15, 0.2) is 0 Å². The third-order valence-electron chi connectivity index (χ3n) is 3.18. The number of carbonyl (C=O) groups is 2. The standard InChI is InChI=1S/C12H12N4O2/c13-8-2-1-5-16-9(8)6-14-11(16)7-3-4-10(17)15-12(7)18/h1-2,5-7H,3-4,13H2,(H,15,17,18). The molecule has 0 aromatic carbocycles. The molecule has 2 aromatic heterocycles. The minimum atomic E-state index is -0.396. The van der Waals surface area contributed by atoms with E-state index in [4.69, 9.17) is 5.73 Å². The fourth-order valence-corrected chi connectivity index (χ4v) is 2.26. The van der Waals surface area contributed by atoms with Crippen LogP contribution in [0.15, 0.2) is 24.5 Å². The summed E-state index contributed by atoms with van der Waals surface area (Å²) in [6.45, 7) is 0. The number of aromatic nitrogens is 2. The smallest absolute Gasteiger partial charge is 0.237 e. The van der Waals surface area contributed by atoms with Gasteiger partial charge in [0.1, 0.15) is 5.82 Å². The van der Waals surface area contributed by atoms with Crippen LogP contribution in [0.4, 0.5) is 5.69 Å². The summed E-state index contributed by atoms with van der Waals surface area (Å²) in [7, 11) is 0. The van der Waals surface area contributed by atoms with Gasteiger partial charge in [-0.2, -0.15) is 0 Å². The zero-order valence-electron chi connectivity index (χ0n) is 9.59. The number of nitrogens with one attached hydrogen (secondary N) is 1. The highest BCUT2D eigenvalue weighted by Gasteiger charge is 2.30. The highest BCUT2D eigenvalue weighted by atomic mass is 16.2. The number of nitrogens with two attached hydrogens (primary N) is 1. The van der Waals surface area contributed by atoms with Gasteiger partial charge in [-0.3, -0.25) is 14.9 Å². The van der Waals surface area contributed by atoms with Crippen molar-refractivity contribution in [2.24, 2.45) is 0 Å². The lowest BCUT2D eigenvalue weighted by molar-refractivity contribution is -0.134. The van der Waals surface area contributed by atoms with Gasteiger partial charge in [-0.1, -0.05) is 0 Å². The molecule has 1 atom stereocenters. The lowest BCUT2D eigenvalue weighted by atomic mass is 9.97. The van der Waals surface area contributed by atoms with E-state index >= 15 is 0 Å². The molecule has 0 aliphatic carbocycles. The quantitative estimate of drug-likeness (QED) is 0.712. The molecule has 18 heavy (non-hydrogen) atoms. The van der Waals surface area contributed by atoms with Crippen molar-refractivity contribution < 1.29 is 9.59 Å². The molecule has 0 radical (unpaired) electrons. The fourth-order valence-electron chi connectivity index (χ4n) is 2.26. The number of rotatable bonds is 1. The summed E-state index contributed by atoms with van der Waals surface area (Å²) in [5.41, 5.74) is 7.23. The Morgan fingerprint density at radius 3 is 3.06 bits per heavy atom. The van der Waals surface area contributed by atoms with Gasteiger partial charge in [0, 0.05) is 12.6 Å². The summed E-state index contributed by atoms with van der Waals surface area (Å²) in [5, 5.41) is 2.33. The third-order valence-corrected chi connectivity index (χ3v) is 3.18. The van der Waals surface area contributed by atoms with E-state index in [0.717, 1.165) is 5.52 Å². The first-order chi connectivity index (χ1) is 8.66. The average molecular weight is 244 g/mol. The molecule has 1 saturated heterocycles. The molecule has 2 aromatic rings. The topological polar surface area (TPSA) is 89.5 Å². The van der Waals surface area contributed by atoms with Crippen LogP contribution in [0.2, 0.25) is 0 Å². The Hall–Kier alpha value is -2.37. The molecule has 1 aliphatic rings.